The molecule has 0 amide bonds. The molecule has 0 aromatic rings. The summed E-state index contributed by atoms with van der Waals surface area (Å²) in [7, 11) is 1.71. The SMILES string of the molecule is CN=NSCC(C)CC(C)C. The molecule has 2 nitrogen and oxygen atoms in total. The molecule has 3 heteroatoms. The van der Waals surface area contributed by atoms with Crippen molar-refractivity contribution in [2.75, 3.05) is 12.8 Å². The lowest BCUT2D eigenvalue weighted by Crippen LogP contribution is -2.01. The second kappa shape index (κ2) is 6.65. The van der Waals surface area contributed by atoms with E-state index >= 15 is 0 Å². The van der Waals surface area contributed by atoms with E-state index in [0.717, 1.165) is 17.6 Å². The maximum Gasteiger partial charge on any atom is 0.0498 e. The number of hydrogen-bond acceptors (Lipinski definition) is 3. The van der Waals surface area contributed by atoms with Crippen molar-refractivity contribution in [1.82, 2.24) is 0 Å². The van der Waals surface area contributed by atoms with Crippen LogP contribution in [0.3, 0.4) is 0 Å². The predicted molar refractivity (Wildman–Crippen MR) is 51.9 cm³/mol. The molecule has 1 atom stereocenters. The van der Waals surface area contributed by atoms with Gasteiger partial charge in [-0.3, -0.25) is 0 Å². The van der Waals surface area contributed by atoms with E-state index < -0.39 is 0 Å². The molecule has 0 spiro atoms. The van der Waals surface area contributed by atoms with Gasteiger partial charge in [0.2, 0.25) is 0 Å². The topological polar surface area (TPSA) is 24.7 Å². The Kier molecular flexibility index (Phi) is 6.62. The van der Waals surface area contributed by atoms with E-state index in [-0.39, 0.29) is 0 Å². The average molecular weight is 174 g/mol. The molecule has 1 unspecified atom stereocenters. The lowest BCUT2D eigenvalue weighted by atomic mass is 10.0. The van der Waals surface area contributed by atoms with Gasteiger partial charge in [-0.25, -0.2) is 0 Å². The number of rotatable bonds is 5. The van der Waals surface area contributed by atoms with E-state index in [0.29, 0.717) is 0 Å². The third-order valence-corrected chi connectivity index (χ3v) is 2.37. The highest BCUT2D eigenvalue weighted by atomic mass is 32.2. The van der Waals surface area contributed by atoms with E-state index in [1.54, 1.807) is 19.0 Å². The van der Waals surface area contributed by atoms with Crippen LogP contribution < -0.4 is 0 Å². The second-order valence-electron chi connectivity index (χ2n) is 3.31. The summed E-state index contributed by atoms with van der Waals surface area (Å²) >= 11 is 1.56. The van der Waals surface area contributed by atoms with Crippen molar-refractivity contribution in [2.24, 2.45) is 21.5 Å². The Morgan fingerprint density at radius 2 is 1.91 bits per heavy atom. The predicted octanol–water partition coefficient (Wildman–Crippen LogP) is 3.40. The van der Waals surface area contributed by atoms with Gasteiger partial charge in [0.15, 0.2) is 0 Å². The van der Waals surface area contributed by atoms with Crippen LogP contribution in [0.1, 0.15) is 27.2 Å². The maximum atomic E-state index is 3.86. The normalized spacial score (nSPS) is 14.6. The third-order valence-electron chi connectivity index (χ3n) is 1.37. The van der Waals surface area contributed by atoms with Crippen LogP contribution in [-0.4, -0.2) is 12.8 Å². The van der Waals surface area contributed by atoms with Crippen molar-refractivity contribution >= 4 is 11.9 Å². The van der Waals surface area contributed by atoms with Crippen LogP contribution in [0, 0.1) is 11.8 Å². The molecule has 0 saturated heterocycles. The highest BCUT2D eigenvalue weighted by Gasteiger charge is 2.04. The summed E-state index contributed by atoms with van der Waals surface area (Å²) in [5.74, 6) is 2.64. The fraction of sp³-hybridized carbons (Fsp3) is 1.00. The fourth-order valence-electron chi connectivity index (χ4n) is 1.09. The molecule has 0 N–H and O–H groups in total. The van der Waals surface area contributed by atoms with Crippen molar-refractivity contribution in [2.45, 2.75) is 27.2 Å². The smallest absolute Gasteiger partial charge is 0.0498 e. The van der Waals surface area contributed by atoms with Gasteiger partial charge in [-0.1, -0.05) is 20.8 Å². The zero-order chi connectivity index (χ0) is 8.69. The Labute approximate surface area is 74.0 Å². The van der Waals surface area contributed by atoms with Gasteiger partial charge in [0, 0.05) is 12.8 Å². The van der Waals surface area contributed by atoms with Crippen LogP contribution in [0.4, 0.5) is 0 Å². The zero-order valence-electron chi connectivity index (χ0n) is 7.87. The molecule has 0 aliphatic heterocycles. The summed E-state index contributed by atoms with van der Waals surface area (Å²) < 4.78 is 3.86. The minimum atomic E-state index is 0.755. The summed E-state index contributed by atoms with van der Waals surface area (Å²) in [6.45, 7) is 6.77. The van der Waals surface area contributed by atoms with Crippen LogP contribution in [-0.2, 0) is 0 Å². The molecule has 0 radical (unpaired) electrons. The van der Waals surface area contributed by atoms with Crippen molar-refractivity contribution in [1.29, 1.82) is 0 Å². The van der Waals surface area contributed by atoms with Crippen LogP contribution in [0.15, 0.2) is 9.63 Å². The summed E-state index contributed by atoms with van der Waals surface area (Å²) in [5, 5.41) is 3.67. The molecule has 0 bridgehead atoms. The quantitative estimate of drug-likeness (QED) is 0.463. The Morgan fingerprint density at radius 3 is 2.36 bits per heavy atom. The van der Waals surface area contributed by atoms with E-state index in [2.05, 4.69) is 30.4 Å². The minimum Gasteiger partial charge on any atom is -0.185 e. The first-order chi connectivity index (χ1) is 5.16. The summed E-state index contributed by atoms with van der Waals surface area (Å²) in [6.07, 6.45) is 1.28. The van der Waals surface area contributed by atoms with Crippen LogP contribution in [0.5, 0.6) is 0 Å². The molecule has 0 saturated carbocycles. The Balaban J connectivity index is 3.29. The van der Waals surface area contributed by atoms with Crippen molar-refractivity contribution in [3.05, 3.63) is 0 Å². The van der Waals surface area contributed by atoms with E-state index in [1.807, 2.05) is 0 Å². The van der Waals surface area contributed by atoms with E-state index in [4.69, 9.17) is 0 Å². The molecular formula is C8H18N2S. The fourth-order valence-corrected chi connectivity index (χ4v) is 1.66. The summed E-state index contributed by atoms with van der Waals surface area (Å²) in [4.78, 5) is 0. The molecule has 0 aliphatic rings. The van der Waals surface area contributed by atoms with Gasteiger partial charge < -0.3 is 0 Å². The largest absolute Gasteiger partial charge is 0.185 e. The lowest BCUT2D eigenvalue weighted by molar-refractivity contribution is 0.475. The monoisotopic (exact) mass is 174 g/mol. The Bertz CT molecular complexity index is 113. The van der Waals surface area contributed by atoms with Gasteiger partial charge in [0.1, 0.15) is 0 Å². The van der Waals surface area contributed by atoms with Gasteiger partial charge in [-0.15, -0.1) is 4.52 Å². The van der Waals surface area contributed by atoms with E-state index in [1.165, 1.54) is 6.42 Å². The van der Waals surface area contributed by atoms with Crippen molar-refractivity contribution < 1.29 is 0 Å². The van der Waals surface area contributed by atoms with Crippen LogP contribution in [0.2, 0.25) is 0 Å². The summed E-state index contributed by atoms with van der Waals surface area (Å²) in [6, 6.07) is 0. The Morgan fingerprint density at radius 1 is 1.27 bits per heavy atom. The van der Waals surface area contributed by atoms with Gasteiger partial charge in [-0.05, 0) is 30.2 Å². The second-order valence-corrected chi connectivity index (χ2v) is 4.07. The van der Waals surface area contributed by atoms with Gasteiger partial charge in [-0.2, -0.15) is 5.11 Å². The molecule has 0 aliphatic carbocycles. The first kappa shape index (κ1) is 11.0. The lowest BCUT2D eigenvalue weighted by Gasteiger charge is -2.10. The molecule has 11 heavy (non-hydrogen) atoms. The van der Waals surface area contributed by atoms with Crippen LogP contribution >= 0.6 is 11.9 Å². The highest BCUT2D eigenvalue weighted by Crippen LogP contribution is 2.16. The van der Waals surface area contributed by atoms with Crippen LogP contribution in [0.25, 0.3) is 0 Å². The first-order valence-electron chi connectivity index (χ1n) is 4.08. The van der Waals surface area contributed by atoms with Gasteiger partial charge >= 0.3 is 0 Å². The standard InChI is InChI=1S/C8H18N2S/c1-7(2)5-8(3)6-11-10-9-4/h7-8H,5-6H2,1-4H3. The van der Waals surface area contributed by atoms with E-state index in [9.17, 15) is 0 Å². The molecule has 0 rings (SSSR count). The zero-order valence-corrected chi connectivity index (χ0v) is 8.69. The number of hydrogen-bond donors (Lipinski definition) is 0. The molecule has 66 valence electrons. The highest BCUT2D eigenvalue weighted by molar-refractivity contribution is 7.97. The van der Waals surface area contributed by atoms with Crippen molar-refractivity contribution in [3.63, 3.8) is 0 Å². The molecular weight excluding hydrogens is 156 g/mol. The maximum absolute atomic E-state index is 3.86. The third kappa shape index (κ3) is 7.85. The Hall–Kier alpha value is -0.0500. The molecule has 0 aromatic carbocycles. The van der Waals surface area contributed by atoms with Gasteiger partial charge in [0.25, 0.3) is 0 Å². The molecule has 0 aromatic heterocycles. The molecule has 0 fully saturated rings. The summed E-state index contributed by atoms with van der Waals surface area (Å²) in [5.41, 5.74) is 0. The average Bonchev–Trinajstić information content (AvgIpc) is 1.86. The molecule has 0 heterocycles. The van der Waals surface area contributed by atoms with Crippen molar-refractivity contribution in [3.8, 4) is 0 Å². The first-order valence-corrected chi connectivity index (χ1v) is 5.02. The minimum absolute atomic E-state index is 0.755. The van der Waals surface area contributed by atoms with Gasteiger partial charge in [0.05, 0.1) is 0 Å². The number of nitrogens with zero attached hydrogens (tertiary/aromatic N) is 2.